The normalized spacial score (nSPS) is 9.47. The molecule has 0 saturated heterocycles. The van der Waals surface area contributed by atoms with Crippen LogP contribution in [0.15, 0.2) is 24.3 Å². The average molecular weight is 259 g/mol. The number of hydrogen-bond acceptors (Lipinski definition) is 3. The lowest BCUT2D eigenvalue weighted by Gasteiger charge is -2.05. The van der Waals surface area contributed by atoms with Gasteiger partial charge in [-0.25, -0.2) is 0 Å². The van der Waals surface area contributed by atoms with Crippen LogP contribution in [0, 0.1) is 0 Å². The van der Waals surface area contributed by atoms with Crippen molar-refractivity contribution in [3.05, 3.63) is 29.8 Å². The van der Waals surface area contributed by atoms with Crippen molar-refractivity contribution in [1.82, 2.24) is 5.32 Å². The summed E-state index contributed by atoms with van der Waals surface area (Å²) in [6.07, 6.45) is 1.23. The van der Waals surface area contributed by atoms with Gasteiger partial charge in [0, 0.05) is 25.8 Å². The summed E-state index contributed by atoms with van der Waals surface area (Å²) in [6.45, 7) is 1.11. The van der Waals surface area contributed by atoms with Gasteiger partial charge in [-0.15, -0.1) is 12.4 Å². The molecule has 0 unspecified atom stereocenters. The molecule has 1 aromatic carbocycles. The summed E-state index contributed by atoms with van der Waals surface area (Å²) in [5.41, 5.74) is 7.50. The molecule has 17 heavy (non-hydrogen) atoms. The molecule has 3 N–H and O–H groups in total. The molecule has 0 aliphatic carbocycles. The number of halogens is 1. The van der Waals surface area contributed by atoms with E-state index in [0.717, 1.165) is 12.1 Å². The molecule has 0 aliphatic rings. The first kappa shape index (κ1) is 15.7. The molecule has 0 heterocycles. The van der Waals surface area contributed by atoms with E-state index in [1.807, 2.05) is 24.3 Å². The van der Waals surface area contributed by atoms with Gasteiger partial charge in [-0.3, -0.25) is 4.79 Å². The Morgan fingerprint density at radius 3 is 2.59 bits per heavy atom. The van der Waals surface area contributed by atoms with Crippen LogP contribution in [0.3, 0.4) is 0 Å². The highest BCUT2D eigenvalue weighted by atomic mass is 35.5. The second-order valence-corrected chi connectivity index (χ2v) is 3.58. The standard InChI is InChI=1S/C12H18N2O2.ClH/c1-16-9-7-12(15)14-8-6-10-2-4-11(13)5-3-10;/h2-5H,6-9,13H2,1H3,(H,14,15);1H. The summed E-state index contributed by atoms with van der Waals surface area (Å²) < 4.78 is 4.82. The van der Waals surface area contributed by atoms with Crippen molar-refractivity contribution in [2.24, 2.45) is 0 Å². The minimum atomic E-state index is 0. The maximum atomic E-state index is 11.2. The summed E-state index contributed by atoms with van der Waals surface area (Å²) in [5, 5.41) is 2.83. The summed E-state index contributed by atoms with van der Waals surface area (Å²) in [6, 6.07) is 7.66. The van der Waals surface area contributed by atoms with Crippen LogP contribution in [0.25, 0.3) is 0 Å². The molecule has 0 bridgehead atoms. The van der Waals surface area contributed by atoms with Gasteiger partial charge in [0.05, 0.1) is 6.61 Å². The summed E-state index contributed by atoms with van der Waals surface area (Å²) in [4.78, 5) is 11.2. The predicted octanol–water partition coefficient (Wildman–Crippen LogP) is 1.39. The molecule has 1 rings (SSSR count). The Balaban J connectivity index is 0.00000256. The van der Waals surface area contributed by atoms with Crippen LogP contribution < -0.4 is 11.1 Å². The SMILES string of the molecule is COCCC(=O)NCCc1ccc(N)cc1.Cl. The maximum absolute atomic E-state index is 11.2. The Morgan fingerprint density at radius 1 is 1.35 bits per heavy atom. The molecule has 0 aromatic heterocycles. The number of hydrogen-bond donors (Lipinski definition) is 2. The van der Waals surface area contributed by atoms with Gasteiger partial charge in [-0.2, -0.15) is 0 Å². The van der Waals surface area contributed by atoms with E-state index in [9.17, 15) is 4.79 Å². The lowest BCUT2D eigenvalue weighted by molar-refractivity contribution is -0.121. The summed E-state index contributed by atoms with van der Waals surface area (Å²) in [7, 11) is 1.58. The van der Waals surface area contributed by atoms with Gasteiger partial charge in [0.25, 0.3) is 0 Å². The molecule has 1 aromatic rings. The highest BCUT2D eigenvalue weighted by Crippen LogP contribution is 2.05. The zero-order valence-corrected chi connectivity index (χ0v) is 10.8. The van der Waals surface area contributed by atoms with Crippen molar-refractivity contribution < 1.29 is 9.53 Å². The Hall–Kier alpha value is -1.26. The van der Waals surface area contributed by atoms with Crippen molar-refractivity contribution >= 4 is 24.0 Å². The molecule has 0 spiro atoms. The summed E-state index contributed by atoms with van der Waals surface area (Å²) >= 11 is 0. The first-order chi connectivity index (χ1) is 7.72. The van der Waals surface area contributed by atoms with Crippen LogP contribution in [0.1, 0.15) is 12.0 Å². The minimum Gasteiger partial charge on any atom is -0.399 e. The number of benzene rings is 1. The first-order valence-electron chi connectivity index (χ1n) is 5.32. The molecule has 5 heteroatoms. The molecule has 4 nitrogen and oxygen atoms in total. The van der Waals surface area contributed by atoms with E-state index in [-0.39, 0.29) is 18.3 Å². The van der Waals surface area contributed by atoms with Crippen LogP contribution in [0.2, 0.25) is 0 Å². The second kappa shape index (κ2) is 8.84. The number of anilines is 1. The molecule has 0 atom stereocenters. The zero-order valence-electron chi connectivity index (χ0n) is 9.94. The first-order valence-corrected chi connectivity index (χ1v) is 5.32. The maximum Gasteiger partial charge on any atom is 0.222 e. The van der Waals surface area contributed by atoms with Crippen LogP contribution in [-0.2, 0) is 16.0 Å². The fourth-order valence-electron chi connectivity index (χ4n) is 1.31. The number of carbonyl (C=O) groups is 1. The Morgan fingerprint density at radius 2 is 2.00 bits per heavy atom. The number of ether oxygens (including phenoxy) is 1. The van der Waals surface area contributed by atoms with Gasteiger partial charge in [0.15, 0.2) is 0 Å². The third kappa shape index (κ3) is 6.81. The zero-order chi connectivity index (χ0) is 11.8. The number of carbonyl (C=O) groups excluding carboxylic acids is 1. The van der Waals surface area contributed by atoms with E-state index in [4.69, 9.17) is 10.5 Å². The van der Waals surface area contributed by atoms with Crippen LogP contribution in [0.5, 0.6) is 0 Å². The fraction of sp³-hybridized carbons (Fsp3) is 0.417. The second-order valence-electron chi connectivity index (χ2n) is 3.58. The van der Waals surface area contributed by atoms with Gasteiger partial charge in [0.2, 0.25) is 5.91 Å². The van der Waals surface area contributed by atoms with Crippen molar-refractivity contribution in [2.45, 2.75) is 12.8 Å². The predicted molar refractivity (Wildman–Crippen MR) is 71.3 cm³/mol. The molecule has 0 saturated carbocycles. The number of nitrogen functional groups attached to an aromatic ring is 1. The number of nitrogens with two attached hydrogens (primary N) is 1. The minimum absolute atomic E-state index is 0. The van der Waals surface area contributed by atoms with Gasteiger partial charge < -0.3 is 15.8 Å². The highest BCUT2D eigenvalue weighted by Gasteiger charge is 1.99. The summed E-state index contributed by atoms with van der Waals surface area (Å²) in [5.74, 6) is 0.0253. The molecule has 1 amide bonds. The number of nitrogens with one attached hydrogen (secondary N) is 1. The highest BCUT2D eigenvalue weighted by molar-refractivity contribution is 5.85. The van der Waals surface area contributed by atoms with E-state index in [1.165, 1.54) is 5.56 Å². The van der Waals surface area contributed by atoms with Crippen LogP contribution >= 0.6 is 12.4 Å². The van der Waals surface area contributed by atoms with Crippen molar-refractivity contribution in [1.29, 1.82) is 0 Å². The van der Waals surface area contributed by atoms with Gasteiger partial charge >= 0.3 is 0 Å². The van der Waals surface area contributed by atoms with E-state index in [2.05, 4.69) is 5.32 Å². The third-order valence-corrected chi connectivity index (χ3v) is 2.25. The Labute approximate surface area is 108 Å². The van der Waals surface area contributed by atoms with E-state index in [1.54, 1.807) is 7.11 Å². The van der Waals surface area contributed by atoms with Gasteiger partial charge in [-0.1, -0.05) is 12.1 Å². The molecule has 0 fully saturated rings. The van der Waals surface area contributed by atoms with E-state index in [0.29, 0.717) is 19.6 Å². The largest absolute Gasteiger partial charge is 0.399 e. The van der Waals surface area contributed by atoms with Crippen LogP contribution in [0.4, 0.5) is 5.69 Å². The molecular weight excluding hydrogens is 240 g/mol. The van der Waals surface area contributed by atoms with Gasteiger partial charge in [0.1, 0.15) is 0 Å². The smallest absolute Gasteiger partial charge is 0.222 e. The Bertz CT molecular complexity index is 328. The lowest BCUT2D eigenvalue weighted by Crippen LogP contribution is -2.26. The Kier molecular flexibility index (Phi) is 8.19. The average Bonchev–Trinajstić information content (AvgIpc) is 2.29. The van der Waals surface area contributed by atoms with Crippen molar-refractivity contribution in [2.75, 3.05) is 26.0 Å². The molecule has 0 aliphatic heterocycles. The van der Waals surface area contributed by atoms with Crippen molar-refractivity contribution in [3.8, 4) is 0 Å². The van der Waals surface area contributed by atoms with E-state index < -0.39 is 0 Å². The number of rotatable bonds is 6. The monoisotopic (exact) mass is 258 g/mol. The van der Waals surface area contributed by atoms with Crippen LogP contribution in [-0.4, -0.2) is 26.2 Å². The van der Waals surface area contributed by atoms with Crippen molar-refractivity contribution in [3.63, 3.8) is 0 Å². The molecule has 96 valence electrons. The van der Waals surface area contributed by atoms with Gasteiger partial charge in [-0.05, 0) is 24.1 Å². The molecular formula is C12H19ClN2O2. The number of methoxy groups -OCH3 is 1. The van der Waals surface area contributed by atoms with E-state index >= 15 is 0 Å². The number of amides is 1. The third-order valence-electron chi connectivity index (χ3n) is 2.25. The lowest BCUT2D eigenvalue weighted by atomic mass is 10.1. The topological polar surface area (TPSA) is 64.3 Å². The quantitative estimate of drug-likeness (QED) is 0.758. The molecule has 0 radical (unpaired) electrons. The fourth-order valence-corrected chi connectivity index (χ4v) is 1.31.